The lowest BCUT2D eigenvalue weighted by atomic mass is 10.1. The molecule has 1 aromatic rings. The number of aryl methyl sites for hydroxylation is 2. The Labute approximate surface area is 183 Å². The van der Waals surface area contributed by atoms with Gasteiger partial charge >= 0.3 is 0 Å². The van der Waals surface area contributed by atoms with Crippen LogP contribution >= 0.6 is 0 Å². The zero-order valence-electron chi connectivity index (χ0n) is 19.8. The highest BCUT2D eigenvalue weighted by atomic mass is 32.2. The van der Waals surface area contributed by atoms with Crippen molar-refractivity contribution in [2.24, 2.45) is 0 Å². The fourth-order valence-corrected chi connectivity index (χ4v) is 4.70. The van der Waals surface area contributed by atoms with Crippen molar-refractivity contribution in [3.05, 3.63) is 23.3 Å². The average molecular weight is 440 g/mol. The number of nitrogens with one attached hydrogen (secondary N) is 2. The largest absolute Gasteiger partial charge is 0.385 e. The van der Waals surface area contributed by atoms with E-state index in [-0.39, 0.29) is 12.2 Å². The van der Waals surface area contributed by atoms with E-state index in [9.17, 15) is 8.42 Å². The standard InChI is InChI=1S/C23H41N3O3S/c1-17-13-21(26-15-19(3)29-20(4)16-26)14-18(2)22(17)24-11-9-8-10-12-25-30(27,28)23(5,6)7/h13-14,19-20,24-25H,8-12,15-16H2,1-7H3/t19-,20+. The predicted octanol–water partition coefficient (Wildman–Crippen LogP) is 4.22. The first-order valence-corrected chi connectivity index (χ1v) is 12.6. The van der Waals surface area contributed by atoms with Gasteiger partial charge in [0.25, 0.3) is 0 Å². The van der Waals surface area contributed by atoms with Crippen LogP contribution in [0.15, 0.2) is 12.1 Å². The van der Waals surface area contributed by atoms with Gasteiger partial charge in [0.15, 0.2) is 0 Å². The summed E-state index contributed by atoms with van der Waals surface area (Å²) in [5.41, 5.74) is 5.00. The lowest BCUT2D eigenvalue weighted by Gasteiger charge is -2.37. The van der Waals surface area contributed by atoms with Crippen molar-refractivity contribution in [2.75, 3.05) is 36.4 Å². The van der Waals surface area contributed by atoms with Gasteiger partial charge in [-0.1, -0.05) is 6.42 Å². The van der Waals surface area contributed by atoms with Gasteiger partial charge in [-0.3, -0.25) is 0 Å². The van der Waals surface area contributed by atoms with Gasteiger partial charge < -0.3 is 15.0 Å². The normalized spacial score (nSPS) is 20.4. The summed E-state index contributed by atoms with van der Waals surface area (Å²) in [6.45, 7) is 17.0. The molecule has 172 valence electrons. The lowest BCUT2D eigenvalue weighted by molar-refractivity contribution is -0.00522. The minimum absolute atomic E-state index is 0.250. The van der Waals surface area contributed by atoms with Crippen LogP contribution in [0.2, 0.25) is 0 Å². The Morgan fingerprint density at radius 3 is 2.07 bits per heavy atom. The number of rotatable bonds is 9. The molecule has 0 spiro atoms. The Hall–Kier alpha value is -1.31. The Morgan fingerprint density at radius 1 is 1.00 bits per heavy atom. The number of anilines is 2. The van der Waals surface area contributed by atoms with E-state index in [0.29, 0.717) is 6.54 Å². The third-order valence-electron chi connectivity index (χ3n) is 5.56. The molecule has 1 aromatic carbocycles. The second kappa shape index (κ2) is 10.3. The number of morpholine rings is 1. The van der Waals surface area contributed by atoms with E-state index < -0.39 is 14.8 Å². The summed E-state index contributed by atoms with van der Waals surface area (Å²) in [4.78, 5) is 2.42. The average Bonchev–Trinajstić information content (AvgIpc) is 2.60. The van der Waals surface area contributed by atoms with Gasteiger partial charge in [-0.05, 0) is 84.6 Å². The van der Waals surface area contributed by atoms with Crippen molar-refractivity contribution in [3.63, 3.8) is 0 Å². The maximum absolute atomic E-state index is 12.0. The maximum atomic E-state index is 12.0. The lowest BCUT2D eigenvalue weighted by Crippen LogP contribution is -2.45. The number of hydrogen-bond acceptors (Lipinski definition) is 5. The van der Waals surface area contributed by atoms with Crippen LogP contribution in [-0.2, 0) is 14.8 Å². The Bertz CT molecular complexity index is 769. The van der Waals surface area contributed by atoms with Gasteiger partial charge in [-0.2, -0.15) is 0 Å². The third kappa shape index (κ3) is 6.86. The quantitative estimate of drug-likeness (QED) is 0.564. The van der Waals surface area contributed by atoms with Crippen LogP contribution in [0.5, 0.6) is 0 Å². The number of ether oxygens (including phenoxy) is 1. The van der Waals surface area contributed by atoms with Crippen molar-refractivity contribution in [1.82, 2.24) is 4.72 Å². The van der Waals surface area contributed by atoms with E-state index in [1.807, 2.05) is 0 Å². The van der Waals surface area contributed by atoms with E-state index >= 15 is 0 Å². The zero-order valence-corrected chi connectivity index (χ0v) is 20.7. The number of nitrogens with zero attached hydrogens (tertiary/aromatic N) is 1. The van der Waals surface area contributed by atoms with Gasteiger partial charge in [-0.25, -0.2) is 13.1 Å². The van der Waals surface area contributed by atoms with Crippen LogP contribution in [0.4, 0.5) is 11.4 Å². The first kappa shape index (κ1) is 25.0. The van der Waals surface area contributed by atoms with Gasteiger partial charge in [-0.15, -0.1) is 0 Å². The molecule has 0 saturated carbocycles. The molecule has 0 unspecified atom stereocenters. The van der Waals surface area contributed by atoms with Crippen LogP contribution < -0.4 is 14.9 Å². The SMILES string of the molecule is Cc1cc(N2C[C@@H](C)O[C@@H](C)C2)cc(C)c1NCCCCCNS(=O)(=O)C(C)(C)C. The molecular weight excluding hydrogens is 398 g/mol. The van der Waals surface area contributed by atoms with Gasteiger partial charge in [0, 0.05) is 37.6 Å². The summed E-state index contributed by atoms with van der Waals surface area (Å²) in [5, 5.41) is 3.58. The molecule has 1 heterocycles. The number of benzene rings is 1. The summed E-state index contributed by atoms with van der Waals surface area (Å²) in [6, 6.07) is 4.53. The topological polar surface area (TPSA) is 70.7 Å². The molecule has 1 aliphatic heterocycles. The van der Waals surface area contributed by atoms with Gasteiger partial charge in [0.05, 0.1) is 17.0 Å². The van der Waals surface area contributed by atoms with Crippen LogP contribution in [0, 0.1) is 13.8 Å². The summed E-state index contributed by atoms with van der Waals surface area (Å²) in [7, 11) is -3.24. The number of sulfonamides is 1. The molecule has 0 radical (unpaired) electrons. The molecule has 2 rings (SSSR count). The summed E-state index contributed by atoms with van der Waals surface area (Å²) in [6.07, 6.45) is 3.34. The van der Waals surface area contributed by atoms with Gasteiger partial charge in [0.2, 0.25) is 10.0 Å². The van der Waals surface area contributed by atoms with Crippen LogP contribution in [0.25, 0.3) is 0 Å². The molecule has 7 heteroatoms. The van der Waals surface area contributed by atoms with Crippen LogP contribution in [0.3, 0.4) is 0 Å². The molecule has 0 amide bonds. The van der Waals surface area contributed by atoms with E-state index in [1.165, 1.54) is 22.5 Å². The highest BCUT2D eigenvalue weighted by Gasteiger charge is 2.28. The first-order valence-electron chi connectivity index (χ1n) is 11.2. The number of hydrogen-bond donors (Lipinski definition) is 2. The van der Waals surface area contributed by atoms with Crippen molar-refractivity contribution in [2.45, 2.75) is 84.7 Å². The Kier molecular flexibility index (Phi) is 8.60. The van der Waals surface area contributed by atoms with Gasteiger partial charge in [0.1, 0.15) is 0 Å². The van der Waals surface area contributed by atoms with Crippen molar-refractivity contribution >= 4 is 21.4 Å². The highest BCUT2D eigenvalue weighted by Crippen LogP contribution is 2.29. The molecule has 0 aliphatic carbocycles. The summed E-state index contributed by atoms with van der Waals surface area (Å²) >= 11 is 0. The van der Waals surface area contributed by atoms with E-state index in [2.05, 4.69) is 54.8 Å². The fraction of sp³-hybridized carbons (Fsp3) is 0.739. The maximum Gasteiger partial charge on any atom is 0.216 e. The number of unbranched alkanes of at least 4 members (excludes halogenated alkanes) is 2. The Morgan fingerprint density at radius 2 is 1.53 bits per heavy atom. The summed E-state index contributed by atoms with van der Waals surface area (Å²) in [5.74, 6) is 0. The monoisotopic (exact) mass is 439 g/mol. The predicted molar refractivity (Wildman–Crippen MR) is 127 cm³/mol. The van der Waals surface area contributed by atoms with Crippen molar-refractivity contribution in [1.29, 1.82) is 0 Å². The molecule has 2 N–H and O–H groups in total. The third-order valence-corrected chi connectivity index (χ3v) is 7.75. The Balaban J connectivity index is 1.80. The molecule has 2 atom stereocenters. The van der Waals surface area contributed by atoms with E-state index in [0.717, 1.165) is 38.9 Å². The van der Waals surface area contributed by atoms with E-state index in [1.54, 1.807) is 20.8 Å². The minimum Gasteiger partial charge on any atom is -0.385 e. The molecule has 0 bridgehead atoms. The zero-order chi connectivity index (χ0) is 22.5. The molecule has 6 nitrogen and oxygen atoms in total. The second-order valence-electron chi connectivity index (χ2n) is 9.61. The second-order valence-corrected chi connectivity index (χ2v) is 12.1. The molecule has 1 saturated heterocycles. The fourth-order valence-electron chi connectivity index (χ4n) is 3.85. The van der Waals surface area contributed by atoms with E-state index in [4.69, 9.17) is 4.74 Å². The molecular formula is C23H41N3O3S. The highest BCUT2D eigenvalue weighted by molar-refractivity contribution is 7.90. The summed E-state index contributed by atoms with van der Waals surface area (Å²) < 4.78 is 31.9. The molecule has 1 fully saturated rings. The first-order chi connectivity index (χ1) is 13.9. The smallest absolute Gasteiger partial charge is 0.216 e. The molecule has 30 heavy (non-hydrogen) atoms. The van der Waals surface area contributed by atoms with Crippen molar-refractivity contribution in [3.8, 4) is 0 Å². The molecule has 0 aromatic heterocycles. The minimum atomic E-state index is -3.24. The van der Waals surface area contributed by atoms with Crippen molar-refractivity contribution < 1.29 is 13.2 Å². The molecule has 1 aliphatic rings. The van der Waals surface area contributed by atoms with Crippen LogP contribution in [0.1, 0.15) is 65.0 Å². The van der Waals surface area contributed by atoms with Crippen LogP contribution in [-0.4, -0.2) is 51.6 Å².